The van der Waals surface area contributed by atoms with Crippen molar-refractivity contribution in [1.29, 1.82) is 0 Å². The third-order valence-electron chi connectivity index (χ3n) is 3.92. The van der Waals surface area contributed by atoms with Gasteiger partial charge in [-0.25, -0.2) is 0 Å². The zero-order valence-electron chi connectivity index (χ0n) is 13.7. The molecule has 3 rings (SSSR count). The van der Waals surface area contributed by atoms with Gasteiger partial charge in [-0.2, -0.15) is 4.99 Å². The molecule has 0 bridgehead atoms. The smallest absolute Gasteiger partial charge is 0.292 e. The van der Waals surface area contributed by atoms with Crippen LogP contribution < -0.4 is 15.2 Å². The number of para-hydroxylation sites is 1. The van der Waals surface area contributed by atoms with Crippen LogP contribution in [-0.4, -0.2) is 37.2 Å². The molecule has 0 unspecified atom stereocenters. The van der Waals surface area contributed by atoms with Crippen molar-refractivity contribution in [2.45, 2.75) is 12.8 Å². The summed E-state index contributed by atoms with van der Waals surface area (Å²) >= 11 is 0. The van der Waals surface area contributed by atoms with Crippen LogP contribution in [0.15, 0.2) is 59.6 Å². The van der Waals surface area contributed by atoms with Gasteiger partial charge >= 0.3 is 0 Å². The zero-order chi connectivity index (χ0) is 16.6. The molecule has 1 aliphatic heterocycles. The molecule has 1 fully saturated rings. The molecule has 0 radical (unpaired) electrons. The summed E-state index contributed by atoms with van der Waals surface area (Å²) in [7, 11) is 0. The van der Waals surface area contributed by atoms with Gasteiger partial charge in [-0.15, -0.1) is 0 Å². The van der Waals surface area contributed by atoms with Gasteiger partial charge in [0.25, 0.3) is 6.02 Å². The fourth-order valence-corrected chi connectivity index (χ4v) is 2.68. The van der Waals surface area contributed by atoms with E-state index in [9.17, 15) is 0 Å². The third kappa shape index (κ3) is 4.99. The Kier molecular flexibility index (Phi) is 5.69. The van der Waals surface area contributed by atoms with Crippen molar-refractivity contribution >= 4 is 11.7 Å². The van der Waals surface area contributed by atoms with E-state index in [2.05, 4.69) is 9.89 Å². The number of hydrogen-bond acceptors (Lipinski definition) is 4. The van der Waals surface area contributed by atoms with Crippen LogP contribution in [0.1, 0.15) is 12.8 Å². The quantitative estimate of drug-likeness (QED) is 0.654. The monoisotopic (exact) mass is 325 g/mol. The maximum atomic E-state index is 5.82. The van der Waals surface area contributed by atoms with E-state index in [1.165, 1.54) is 25.9 Å². The minimum Gasteiger partial charge on any atom is -0.492 e. The average Bonchev–Trinajstić information content (AvgIpc) is 3.11. The molecule has 1 heterocycles. The van der Waals surface area contributed by atoms with E-state index in [1.54, 1.807) is 0 Å². The van der Waals surface area contributed by atoms with E-state index in [0.29, 0.717) is 12.4 Å². The molecule has 5 nitrogen and oxygen atoms in total. The van der Waals surface area contributed by atoms with Crippen molar-refractivity contribution in [3.63, 3.8) is 0 Å². The Morgan fingerprint density at radius 3 is 2.38 bits per heavy atom. The van der Waals surface area contributed by atoms with Gasteiger partial charge in [-0.1, -0.05) is 18.2 Å². The number of ether oxygens (including phenoxy) is 2. The summed E-state index contributed by atoms with van der Waals surface area (Å²) < 4.78 is 11.2. The van der Waals surface area contributed by atoms with Crippen molar-refractivity contribution < 1.29 is 9.47 Å². The molecule has 2 aromatic carbocycles. The van der Waals surface area contributed by atoms with Crippen LogP contribution in [0.5, 0.6) is 11.5 Å². The van der Waals surface area contributed by atoms with E-state index in [1.807, 2.05) is 54.6 Å². The molecule has 2 aromatic rings. The number of nitrogens with zero attached hydrogens (tertiary/aromatic N) is 2. The van der Waals surface area contributed by atoms with E-state index < -0.39 is 0 Å². The van der Waals surface area contributed by atoms with Gasteiger partial charge in [-0.05, 0) is 62.3 Å². The van der Waals surface area contributed by atoms with Crippen LogP contribution in [0.3, 0.4) is 0 Å². The van der Waals surface area contributed by atoms with Gasteiger partial charge in [-0.3, -0.25) is 4.90 Å². The van der Waals surface area contributed by atoms with Gasteiger partial charge in [0.05, 0.1) is 5.69 Å². The van der Waals surface area contributed by atoms with Crippen LogP contribution in [0, 0.1) is 0 Å². The number of hydrogen-bond donors (Lipinski definition) is 1. The Bertz CT molecular complexity index is 650. The molecule has 0 amide bonds. The Morgan fingerprint density at radius 2 is 1.67 bits per heavy atom. The number of amidine groups is 1. The first-order valence-corrected chi connectivity index (χ1v) is 8.32. The van der Waals surface area contributed by atoms with Crippen LogP contribution >= 0.6 is 0 Å². The number of rotatable bonds is 6. The molecule has 0 spiro atoms. The summed E-state index contributed by atoms with van der Waals surface area (Å²) in [6.07, 6.45) is 2.61. The summed E-state index contributed by atoms with van der Waals surface area (Å²) in [6, 6.07) is 17.0. The molecule has 126 valence electrons. The summed E-state index contributed by atoms with van der Waals surface area (Å²) in [5.74, 6) is 1.51. The zero-order valence-corrected chi connectivity index (χ0v) is 13.7. The first kappa shape index (κ1) is 16.3. The van der Waals surface area contributed by atoms with Gasteiger partial charge in [0.15, 0.2) is 0 Å². The fraction of sp³-hybridized carbons (Fsp3) is 0.316. The van der Waals surface area contributed by atoms with Gasteiger partial charge in [0.1, 0.15) is 18.1 Å². The Morgan fingerprint density at radius 1 is 0.958 bits per heavy atom. The predicted octanol–water partition coefficient (Wildman–Crippen LogP) is 3.19. The first-order valence-electron chi connectivity index (χ1n) is 8.32. The van der Waals surface area contributed by atoms with Gasteiger partial charge < -0.3 is 15.2 Å². The van der Waals surface area contributed by atoms with Gasteiger partial charge in [0, 0.05) is 6.54 Å². The minimum atomic E-state index is 0.115. The number of likely N-dealkylation sites (tertiary alicyclic amines) is 1. The lowest BCUT2D eigenvalue weighted by molar-refractivity contribution is 0.238. The molecule has 2 N–H and O–H groups in total. The number of nitrogens with two attached hydrogens (primary N) is 1. The van der Waals surface area contributed by atoms with Crippen molar-refractivity contribution in [2.24, 2.45) is 10.7 Å². The highest BCUT2D eigenvalue weighted by atomic mass is 16.5. The molecule has 0 saturated carbocycles. The molecular formula is C19H23N3O2. The second-order valence-corrected chi connectivity index (χ2v) is 5.76. The highest BCUT2D eigenvalue weighted by molar-refractivity contribution is 5.77. The number of aliphatic imine (C=N–C) groups is 1. The molecule has 0 atom stereocenters. The van der Waals surface area contributed by atoms with E-state index in [4.69, 9.17) is 15.2 Å². The van der Waals surface area contributed by atoms with E-state index in [-0.39, 0.29) is 6.02 Å². The third-order valence-corrected chi connectivity index (χ3v) is 3.92. The maximum absolute atomic E-state index is 5.82. The molecular weight excluding hydrogens is 302 g/mol. The Labute approximate surface area is 142 Å². The van der Waals surface area contributed by atoms with E-state index in [0.717, 1.165) is 18.0 Å². The Hall–Kier alpha value is -2.53. The van der Waals surface area contributed by atoms with Crippen LogP contribution in [0.2, 0.25) is 0 Å². The summed E-state index contributed by atoms with van der Waals surface area (Å²) in [5, 5.41) is 0. The second kappa shape index (κ2) is 8.36. The van der Waals surface area contributed by atoms with Gasteiger partial charge in [0.2, 0.25) is 0 Å². The van der Waals surface area contributed by atoms with E-state index >= 15 is 0 Å². The van der Waals surface area contributed by atoms with Crippen molar-refractivity contribution in [1.82, 2.24) is 4.90 Å². The highest BCUT2D eigenvalue weighted by Crippen LogP contribution is 2.19. The average molecular weight is 325 g/mol. The van der Waals surface area contributed by atoms with Crippen LogP contribution in [-0.2, 0) is 0 Å². The predicted molar refractivity (Wildman–Crippen MR) is 96.0 cm³/mol. The summed E-state index contributed by atoms with van der Waals surface area (Å²) in [4.78, 5) is 6.68. The molecule has 0 aliphatic carbocycles. The molecule has 0 aromatic heterocycles. The molecule has 1 aliphatic rings. The van der Waals surface area contributed by atoms with Crippen LogP contribution in [0.4, 0.5) is 5.69 Å². The topological polar surface area (TPSA) is 60.1 Å². The largest absolute Gasteiger partial charge is 0.492 e. The lowest BCUT2D eigenvalue weighted by atomic mass is 10.3. The highest BCUT2D eigenvalue weighted by Gasteiger charge is 2.10. The molecule has 24 heavy (non-hydrogen) atoms. The van der Waals surface area contributed by atoms with Crippen molar-refractivity contribution in [3.05, 3.63) is 54.6 Å². The molecule has 1 saturated heterocycles. The summed E-state index contributed by atoms with van der Waals surface area (Å²) in [5.41, 5.74) is 6.55. The number of benzene rings is 2. The molecule has 5 heteroatoms. The second-order valence-electron chi connectivity index (χ2n) is 5.76. The summed E-state index contributed by atoms with van der Waals surface area (Å²) in [6.45, 7) is 4.08. The first-order chi connectivity index (χ1) is 11.8. The maximum Gasteiger partial charge on any atom is 0.292 e. The van der Waals surface area contributed by atoms with Crippen molar-refractivity contribution in [3.8, 4) is 11.5 Å². The van der Waals surface area contributed by atoms with Crippen molar-refractivity contribution in [2.75, 3.05) is 26.2 Å². The normalized spacial score (nSPS) is 15.4. The standard InChI is InChI=1S/C19H23N3O2/c20-19(24-18-6-2-1-3-7-18)21-16-8-10-17(11-9-16)23-15-14-22-12-4-5-13-22/h1-3,6-11H,4-5,12-15H2,(H2,20,21). The lowest BCUT2D eigenvalue weighted by Crippen LogP contribution is -2.25. The Balaban J connectivity index is 1.49. The lowest BCUT2D eigenvalue weighted by Gasteiger charge is -2.14. The van der Waals surface area contributed by atoms with Crippen LogP contribution in [0.25, 0.3) is 0 Å². The fourth-order valence-electron chi connectivity index (χ4n) is 2.68. The minimum absolute atomic E-state index is 0.115. The SMILES string of the molecule is NC(=Nc1ccc(OCCN2CCCC2)cc1)Oc1ccccc1.